The molecule has 1 aromatic carbocycles. The zero-order chi connectivity index (χ0) is 12.3. The van der Waals surface area contributed by atoms with Gasteiger partial charge in [-0.1, -0.05) is 0 Å². The number of nitriles is 1. The molecule has 0 aliphatic carbocycles. The molecule has 0 heterocycles. The minimum absolute atomic E-state index is 0.170. The van der Waals surface area contributed by atoms with Crippen molar-refractivity contribution < 1.29 is 19.7 Å². The second-order valence-corrected chi connectivity index (χ2v) is 3.25. The molecule has 84 valence electrons. The Hall–Kier alpha value is -2.06. The lowest BCUT2D eigenvalue weighted by Gasteiger charge is -2.13. The van der Waals surface area contributed by atoms with E-state index in [0.717, 1.165) is 0 Å². The molecule has 1 aromatic rings. The Balaban J connectivity index is 3.38. The summed E-state index contributed by atoms with van der Waals surface area (Å²) < 4.78 is 5.00. The summed E-state index contributed by atoms with van der Waals surface area (Å²) >= 11 is 0. The summed E-state index contributed by atoms with van der Waals surface area (Å²) in [6.07, 6.45) is -1.65. The van der Waals surface area contributed by atoms with Gasteiger partial charge in [0.25, 0.3) is 0 Å². The first kappa shape index (κ1) is 12.0. The number of benzene rings is 1. The molecule has 0 saturated heterocycles. The fourth-order valence-corrected chi connectivity index (χ4v) is 1.40. The van der Waals surface area contributed by atoms with Crippen molar-refractivity contribution in [3.63, 3.8) is 0 Å². The number of aliphatic hydroxyl groups is 1. The van der Waals surface area contributed by atoms with Gasteiger partial charge >= 0.3 is 5.97 Å². The summed E-state index contributed by atoms with van der Waals surface area (Å²) in [5, 5.41) is 26.9. The molecule has 16 heavy (non-hydrogen) atoms. The number of rotatable bonds is 3. The number of carbonyl (C=O) groups is 1. The van der Waals surface area contributed by atoms with Crippen molar-refractivity contribution in [2.24, 2.45) is 0 Å². The molecule has 0 bridgehead atoms. The van der Waals surface area contributed by atoms with Crippen molar-refractivity contribution in [2.45, 2.75) is 13.0 Å². The molecule has 0 aromatic heterocycles. The Kier molecular flexibility index (Phi) is 3.48. The Morgan fingerprint density at radius 1 is 1.56 bits per heavy atom. The molecule has 5 heteroatoms. The number of ether oxygens (including phenoxy) is 1. The number of nitrogens with zero attached hydrogens (tertiary/aromatic N) is 1. The number of aliphatic carboxylic acids is 1. The van der Waals surface area contributed by atoms with E-state index in [1.807, 2.05) is 6.07 Å². The van der Waals surface area contributed by atoms with Crippen molar-refractivity contribution in [2.75, 3.05) is 7.11 Å². The van der Waals surface area contributed by atoms with Gasteiger partial charge in [-0.25, -0.2) is 4.79 Å². The van der Waals surface area contributed by atoms with Crippen LogP contribution < -0.4 is 4.74 Å². The molecule has 0 aliphatic heterocycles. The molecule has 5 nitrogen and oxygen atoms in total. The third kappa shape index (κ3) is 2.12. The average molecular weight is 221 g/mol. The summed E-state index contributed by atoms with van der Waals surface area (Å²) in [4.78, 5) is 10.7. The fourth-order valence-electron chi connectivity index (χ4n) is 1.40. The molecule has 1 unspecified atom stereocenters. The Labute approximate surface area is 92.5 Å². The van der Waals surface area contributed by atoms with Crippen molar-refractivity contribution in [3.05, 3.63) is 28.8 Å². The second kappa shape index (κ2) is 4.64. The molecule has 1 atom stereocenters. The van der Waals surface area contributed by atoms with Gasteiger partial charge in [0.05, 0.1) is 18.7 Å². The van der Waals surface area contributed by atoms with Crippen molar-refractivity contribution >= 4 is 5.97 Å². The van der Waals surface area contributed by atoms with Gasteiger partial charge in [0.1, 0.15) is 5.75 Å². The molecule has 0 radical (unpaired) electrons. The zero-order valence-electron chi connectivity index (χ0n) is 8.89. The van der Waals surface area contributed by atoms with E-state index in [-0.39, 0.29) is 11.1 Å². The first-order valence-corrected chi connectivity index (χ1v) is 4.50. The SMILES string of the molecule is COc1cc(C#N)cc(C(O)C(=O)O)c1C. The average Bonchev–Trinajstić information content (AvgIpc) is 2.28. The minimum atomic E-state index is -1.65. The van der Waals surface area contributed by atoms with E-state index in [1.165, 1.54) is 19.2 Å². The highest BCUT2D eigenvalue weighted by Crippen LogP contribution is 2.28. The van der Waals surface area contributed by atoms with E-state index in [1.54, 1.807) is 6.92 Å². The lowest BCUT2D eigenvalue weighted by Crippen LogP contribution is -2.12. The van der Waals surface area contributed by atoms with Gasteiger partial charge in [-0.3, -0.25) is 0 Å². The van der Waals surface area contributed by atoms with Crippen LogP contribution in [0.2, 0.25) is 0 Å². The lowest BCUT2D eigenvalue weighted by molar-refractivity contribution is -0.147. The van der Waals surface area contributed by atoms with E-state index < -0.39 is 12.1 Å². The Morgan fingerprint density at radius 3 is 2.62 bits per heavy atom. The summed E-state index contributed by atoms with van der Waals surface area (Å²) in [6.45, 7) is 1.63. The minimum Gasteiger partial charge on any atom is -0.496 e. The van der Waals surface area contributed by atoms with Crippen LogP contribution in [0.15, 0.2) is 12.1 Å². The largest absolute Gasteiger partial charge is 0.496 e. The van der Waals surface area contributed by atoms with Crippen LogP contribution >= 0.6 is 0 Å². The van der Waals surface area contributed by atoms with Gasteiger partial charge in [-0.2, -0.15) is 5.26 Å². The lowest BCUT2D eigenvalue weighted by atomic mass is 9.99. The van der Waals surface area contributed by atoms with Crippen LogP contribution in [-0.4, -0.2) is 23.3 Å². The number of hydrogen-bond donors (Lipinski definition) is 2. The van der Waals surface area contributed by atoms with Crippen LogP contribution in [0.1, 0.15) is 22.8 Å². The molecule has 0 fully saturated rings. The Morgan fingerprint density at radius 2 is 2.19 bits per heavy atom. The maximum atomic E-state index is 10.7. The van der Waals surface area contributed by atoms with Gasteiger partial charge in [0, 0.05) is 0 Å². The van der Waals surface area contributed by atoms with Crippen LogP contribution in [0.5, 0.6) is 5.75 Å². The topological polar surface area (TPSA) is 90.5 Å². The molecular weight excluding hydrogens is 210 g/mol. The summed E-state index contributed by atoms with van der Waals surface area (Å²) in [6, 6.07) is 4.72. The van der Waals surface area contributed by atoms with Crippen LogP contribution in [0.25, 0.3) is 0 Å². The van der Waals surface area contributed by atoms with Gasteiger partial charge in [0.2, 0.25) is 0 Å². The van der Waals surface area contributed by atoms with Crippen molar-refractivity contribution in [1.82, 2.24) is 0 Å². The molecular formula is C11H11NO4. The number of hydrogen-bond acceptors (Lipinski definition) is 4. The van der Waals surface area contributed by atoms with E-state index in [0.29, 0.717) is 11.3 Å². The first-order chi connectivity index (χ1) is 7.51. The molecule has 2 N–H and O–H groups in total. The van der Waals surface area contributed by atoms with Crippen LogP contribution in [-0.2, 0) is 4.79 Å². The summed E-state index contributed by atoms with van der Waals surface area (Å²) in [7, 11) is 1.42. The quantitative estimate of drug-likeness (QED) is 0.794. The monoisotopic (exact) mass is 221 g/mol. The highest BCUT2D eigenvalue weighted by atomic mass is 16.5. The van der Waals surface area contributed by atoms with Crippen molar-refractivity contribution in [3.8, 4) is 11.8 Å². The molecule has 1 rings (SSSR count). The van der Waals surface area contributed by atoms with Crippen LogP contribution in [0, 0.1) is 18.3 Å². The van der Waals surface area contributed by atoms with Crippen LogP contribution in [0.4, 0.5) is 0 Å². The van der Waals surface area contributed by atoms with Crippen LogP contribution in [0.3, 0.4) is 0 Å². The number of carboxylic acid groups (broad SMARTS) is 1. The maximum Gasteiger partial charge on any atom is 0.337 e. The number of methoxy groups -OCH3 is 1. The smallest absolute Gasteiger partial charge is 0.337 e. The fraction of sp³-hybridized carbons (Fsp3) is 0.273. The molecule has 0 amide bonds. The summed E-state index contributed by atoms with van der Waals surface area (Å²) in [5.74, 6) is -0.977. The normalized spacial score (nSPS) is 11.6. The van der Waals surface area contributed by atoms with Gasteiger partial charge in [-0.15, -0.1) is 0 Å². The van der Waals surface area contributed by atoms with Gasteiger partial charge in [-0.05, 0) is 30.2 Å². The first-order valence-electron chi connectivity index (χ1n) is 4.50. The van der Waals surface area contributed by atoms with E-state index >= 15 is 0 Å². The maximum absolute atomic E-state index is 10.7. The Bertz CT molecular complexity index is 462. The van der Waals surface area contributed by atoms with E-state index in [2.05, 4.69) is 0 Å². The molecule has 0 spiro atoms. The third-order valence-electron chi connectivity index (χ3n) is 2.28. The van der Waals surface area contributed by atoms with E-state index in [9.17, 15) is 9.90 Å². The highest BCUT2D eigenvalue weighted by molar-refractivity contribution is 5.75. The number of carboxylic acids is 1. The van der Waals surface area contributed by atoms with Gasteiger partial charge in [0.15, 0.2) is 6.10 Å². The standard InChI is InChI=1S/C11H11NO4/c1-6-8(10(13)11(14)15)3-7(5-12)4-9(6)16-2/h3-4,10,13H,1-2H3,(H,14,15). The molecule has 0 saturated carbocycles. The zero-order valence-corrected chi connectivity index (χ0v) is 8.89. The van der Waals surface area contributed by atoms with Gasteiger partial charge < -0.3 is 14.9 Å². The van der Waals surface area contributed by atoms with Crippen molar-refractivity contribution in [1.29, 1.82) is 5.26 Å². The van der Waals surface area contributed by atoms with E-state index in [4.69, 9.17) is 15.1 Å². The predicted molar refractivity (Wildman–Crippen MR) is 55.0 cm³/mol. The third-order valence-corrected chi connectivity index (χ3v) is 2.28. The predicted octanol–water partition coefficient (Wildman–Crippen LogP) is 0.993. The highest BCUT2D eigenvalue weighted by Gasteiger charge is 2.21. The second-order valence-electron chi connectivity index (χ2n) is 3.25. The number of aliphatic hydroxyl groups excluding tert-OH is 1. The molecule has 0 aliphatic rings. The summed E-state index contributed by atoms with van der Waals surface area (Å²) in [5.41, 5.74) is 0.928.